The summed E-state index contributed by atoms with van der Waals surface area (Å²) in [7, 11) is 0. The van der Waals surface area contributed by atoms with Crippen LogP contribution in [-0.2, 0) is 6.54 Å². The molecule has 1 aliphatic heterocycles. The van der Waals surface area contributed by atoms with Crippen molar-refractivity contribution in [2.24, 2.45) is 10.8 Å². The second kappa shape index (κ2) is 8.60. The van der Waals surface area contributed by atoms with E-state index >= 15 is 0 Å². The van der Waals surface area contributed by atoms with Gasteiger partial charge in [-0.1, -0.05) is 42.5 Å². The monoisotopic (exact) mass is 353 g/mol. The lowest BCUT2D eigenvalue weighted by Gasteiger charge is -2.36. The Hall–Kier alpha value is -2.44. The van der Waals surface area contributed by atoms with Gasteiger partial charge in [0.1, 0.15) is 0 Å². The second-order valence-corrected chi connectivity index (χ2v) is 6.51. The first kappa shape index (κ1) is 17.4. The number of hydrogen-bond donors (Lipinski definition) is 2. The first-order valence-corrected chi connectivity index (χ1v) is 8.81. The molecule has 1 saturated heterocycles. The van der Waals surface area contributed by atoms with E-state index in [1.165, 1.54) is 11.3 Å². The minimum absolute atomic E-state index is 0.168. The number of nitrogens with two attached hydrogens (primary N) is 1. The van der Waals surface area contributed by atoms with Crippen molar-refractivity contribution in [3.8, 4) is 0 Å². The van der Waals surface area contributed by atoms with Crippen LogP contribution in [0.3, 0.4) is 0 Å². The van der Waals surface area contributed by atoms with Crippen LogP contribution in [0.4, 0.5) is 5.69 Å². The highest BCUT2D eigenvalue weighted by Gasteiger charge is 2.17. The number of rotatable bonds is 5. The van der Waals surface area contributed by atoms with Crippen molar-refractivity contribution in [3.63, 3.8) is 0 Å². The first-order valence-electron chi connectivity index (χ1n) is 8.40. The average molecular weight is 353 g/mol. The van der Waals surface area contributed by atoms with E-state index in [9.17, 15) is 0 Å². The summed E-state index contributed by atoms with van der Waals surface area (Å²) in [4.78, 5) is 4.93. The van der Waals surface area contributed by atoms with Crippen LogP contribution in [0.15, 0.2) is 59.7 Å². The third kappa shape index (κ3) is 5.27. The molecule has 25 heavy (non-hydrogen) atoms. The van der Waals surface area contributed by atoms with E-state index in [0.717, 1.165) is 38.3 Å². The molecule has 0 aliphatic carbocycles. The van der Waals surface area contributed by atoms with Crippen LogP contribution in [0.2, 0.25) is 0 Å². The topological polar surface area (TPSA) is 56.9 Å². The molecule has 3 N–H and O–H groups in total. The minimum atomic E-state index is 0.168. The van der Waals surface area contributed by atoms with Crippen LogP contribution < -0.4 is 16.1 Å². The molecule has 1 fully saturated rings. The molecule has 0 spiro atoms. The van der Waals surface area contributed by atoms with Gasteiger partial charge >= 0.3 is 0 Å². The summed E-state index contributed by atoms with van der Waals surface area (Å²) in [5.74, 6) is 0. The summed E-state index contributed by atoms with van der Waals surface area (Å²) in [6.07, 6.45) is 1.71. The molecule has 0 aromatic heterocycles. The normalized spacial score (nSPS) is 15.4. The molecule has 0 radical (unpaired) electrons. The summed E-state index contributed by atoms with van der Waals surface area (Å²) >= 11 is 4.71. The van der Waals surface area contributed by atoms with Gasteiger partial charge in [0, 0.05) is 38.4 Å². The molecular weight excluding hydrogens is 330 g/mol. The number of nitrogens with one attached hydrogen (secondary N) is 1. The Morgan fingerprint density at radius 2 is 1.72 bits per heavy atom. The predicted molar refractivity (Wildman–Crippen MR) is 108 cm³/mol. The highest BCUT2D eigenvalue weighted by molar-refractivity contribution is 7.80. The molecule has 130 valence electrons. The highest BCUT2D eigenvalue weighted by atomic mass is 32.1. The maximum absolute atomic E-state index is 5.33. The number of benzene rings is 2. The Morgan fingerprint density at radius 3 is 2.36 bits per heavy atom. The Morgan fingerprint density at radius 1 is 1.04 bits per heavy atom. The van der Waals surface area contributed by atoms with Crippen molar-refractivity contribution in [2.75, 3.05) is 31.1 Å². The molecule has 5 nitrogen and oxygen atoms in total. The summed E-state index contributed by atoms with van der Waals surface area (Å²) < 4.78 is 0. The van der Waals surface area contributed by atoms with Crippen LogP contribution in [0.5, 0.6) is 0 Å². The molecule has 0 bridgehead atoms. The lowest BCUT2D eigenvalue weighted by Crippen LogP contribution is -2.45. The van der Waals surface area contributed by atoms with Gasteiger partial charge < -0.3 is 10.6 Å². The van der Waals surface area contributed by atoms with Crippen molar-refractivity contribution in [1.29, 1.82) is 0 Å². The van der Waals surface area contributed by atoms with E-state index in [2.05, 4.69) is 74.9 Å². The summed E-state index contributed by atoms with van der Waals surface area (Å²) in [5, 5.41) is 4.14. The molecule has 0 unspecified atom stereocenters. The van der Waals surface area contributed by atoms with Crippen LogP contribution in [0, 0.1) is 0 Å². The average Bonchev–Trinajstić information content (AvgIpc) is 2.64. The van der Waals surface area contributed by atoms with Gasteiger partial charge in [0.05, 0.1) is 6.21 Å². The van der Waals surface area contributed by atoms with Crippen molar-refractivity contribution < 1.29 is 0 Å². The van der Waals surface area contributed by atoms with Crippen LogP contribution in [0.1, 0.15) is 11.1 Å². The van der Waals surface area contributed by atoms with Gasteiger partial charge in [0.2, 0.25) is 0 Å². The van der Waals surface area contributed by atoms with Crippen molar-refractivity contribution >= 4 is 29.2 Å². The first-order chi connectivity index (χ1) is 12.2. The number of piperazine rings is 1. The molecule has 0 atom stereocenters. The van der Waals surface area contributed by atoms with Gasteiger partial charge in [-0.25, -0.2) is 0 Å². The van der Waals surface area contributed by atoms with E-state index in [1.807, 2.05) is 0 Å². The molecule has 6 heteroatoms. The zero-order valence-corrected chi connectivity index (χ0v) is 15.0. The minimum Gasteiger partial charge on any atom is -0.375 e. The molecule has 1 aliphatic rings. The Balaban J connectivity index is 1.51. The summed E-state index contributed by atoms with van der Waals surface area (Å²) in [6, 6.07) is 19.0. The van der Waals surface area contributed by atoms with E-state index in [1.54, 1.807) is 6.21 Å². The number of anilines is 1. The highest BCUT2D eigenvalue weighted by Crippen LogP contribution is 2.18. The van der Waals surface area contributed by atoms with Crippen molar-refractivity contribution in [1.82, 2.24) is 10.3 Å². The Bertz CT molecular complexity index is 706. The Kier molecular flexibility index (Phi) is 5.98. The van der Waals surface area contributed by atoms with Gasteiger partial charge in [-0.3, -0.25) is 10.3 Å². The number of hydrogen-bond acceptors (Lipinski definition) is 4. The Labute approximate surface area is 154 Å². The van der Waals surface area contributed by atoms with E-state index < -0.39 is 0 Å². The standard InChI is InChI=1S/C19H23N5S/c20-19(25)22-21-14-16-6-8-18(9-7-16)24-12-10-23(11-13-24)15-17-4-2-1-3-5-17/h1-9,14H,10-13,15H2,(H3,20,22,25)/b21-14+. The van der Waals surface area contributed by atoms with E-state index in [-0.39, 0.29) is 5.11 Å². The van der Waals surface area contributed by atoms with E-state index in [4.69, 9.17) is 18.0 Å². The molecule has 2 aromatic carbocycles. The molecule has 1 heterocycles. The third-order valence-electron chi connectivity index (χ3n) is 4.27. The fourth-order valence-corrected chi connectivity index (χ4v) is 3.00. The molecule has 0 saturated carbocycles. The van der Waals surface area contributed by atoms with Crippen LogP contribution in [0.25, 0.3) is 0 Å². The molecule has 2 aromatic rings. The summed E-state index contributed by atoms with van der Waals surface area (Å²) in [5.41, 5.74) is 11.5. The van der Waals surface area contributed by atoms with Crippen molar-refractivity contribution in [3.05, 3.63) is 65.7 Å². The molecular formula is C19H23N5S. The van der Waals surface area contributed by atoms with Crippen LogP contribution in [-0.4, -0.2) is 42.4 Å². The fourth-order valence-electron chi connectivity index (χ4n) is 2.95. The number of nitrogens with zero attached hydrogens (tertiary/aromatic N) is 3. The lowest BCUT2D eigenvalue weighted by atomic mass is 10.1. The SMILES string of the molecule is NC(=S)N/N=C/c1ccc(N2CCN(Cc3ccccc3)CC2)cc1. The zero-order chi connectivity index (χ0) is 17.5. The number of thiocarbonyl (C=S) groups is 1. The fraction of sp³-hybridized carbons (Fsp3) is 0.263. The lowest BCUT2D eigenvalue weighted by molar-refractivity contribution is 0.250. The van der Waals surface area contributed by atoms with E-state index in [0.29, 0.717) is 0 Å². The third-order valence-corrected chi connectivity index (χ3v) is 4.36. The van der Waals surface area contributed by atoms with Gasteiger partial charge in [0.25, 0.3) is 0 Å². The maximum Gasteiger partial charge on any atom is 0.184 e. The summed E-state index contributed by atoms with van der Waals surface area (Å²) in [6.45, 7) is 5.28. The molecule has 0 amide bonds. The van der Waals surface area contributed by atoms with Crippen molar-refractivity contribution in [2.45, 2.75) is 6.54 Å². The zero-order valence-electron chi connectivity index (χ0n) is 14.1. The van der Waals surface area contributed by atoms with Gasteiger partial charge in [0.15, 0.2) is 5.11 Å². The smallest absolute Gasteiger partial charge is 0.184 e. The van der Waals surface area contributed by atoms with Gasteiger partial charge in [-0.05, 0) is 35.5 Å². The maximum atomic E-state index is 5.33. The second-order valence-electron chi connectivity index (χ2n) is 6.07. The number of hydrazone groups is 1. The predicted octanol–water partition coefficient (Wildman–Crippen LogP) is 2.18. The van der Waals surface area contributed by atoms with Gasteiger partial charge in [-0.2, -0.15) is 5.10 Å². The quantitative estimate of drug-likeness (QED) is 0.490. The van der Waals surface area contributed by atoms with Gasteiger partial charge in [-0.15, -0.1) is 0 Å². The largest absolute Gasteiger partial charge is 0.375 e. The van der Waals surface area contributed by atoms with Crippen LogP contribution >= 0.6 is 12.2 Å². The molecule has 3 rings (SSSR count).